The third-order valence-electron chi connectivity index (χ3n) is 2.56. The maximum atomic E-state index is 11.5. The minimum atomic E-state index is -0.201. The molecule has 0 fully saturated rings. The number of aliphatic hydroxyl groups excluding tert-OH is 1. The Kier molecular flexibility index (Phi) is 5.66. The molecular weight excluding hydrogens is 216 g/mol. The number of carbonyl (C=O) groups excluding carboxylic acids is 1. The summed E-state index contributed by atoms with van der Waals surface area (Å²) in [4.78, 5) is 11.5. The molecule has 1 atom stereocenters. The summed E-state index contributed by atoms with van der Waals surface area (Å²) in [6.07, 6.45) is 0. The molecule has 1 unspecified atom stereocenters. The van der Waals surface area contributed by atoms with Crippen LogP contribution in [0.2, 0.25) is 0 Å². The molecule has 0 bridgehead atoms. The van der Waals surface area contributed by atoms with E-state index in [4.69, 9.17) is 5.11 Å². The molecule has 1 amide bonds. The molecule has 0 aromatic heterocycles. The van der Waals surface area contributed by atoms with Gasteiger partial charge in [0.1, 0.15) is 0 Å². The Bertz CT molecular complexity index is 349. The topological polar surface area (TPSA) is 61.4 Å². The second-order valence-corrected chi connectivity index (χ2v) is 3.97. The zero-order valence-electron chi connectivity index (χ0n) is 10.4. The molecule has 1 rings (SSSR count). The number of aliphatic hydroxyl groups is 1. The summed E-state index contributed by atoms with van der Waals surface area (Å²) in [6, 6.07) is 7.46. The minimum Gasteiger partial charge on any atom is -0.392 e. The Morgan fingerprint density at radius 1 is 1.29 bits per heavy atom. The van der Waals surface area contributed by atoms with Crippen molar-refractivity contribution in [3.63, 3.8) is 0 Å². The van der Waals surface area contributed by atoms with E-state index in [0.29, 0.717) is 13.1 Å². The monoisotopic (exact) mass is 236 g/mol. The first-order valence-electron chi connectivity index (χ1n) is 5.87. The Hall–Kier alpha value is -1.39. The van der Waals surface area contributed by atoms with Crippen LogP contribution < -0.4 is 10.6 Å². The van der Waals surface area contributed by atoms with Crippen molar-refractivity contribution < 1.29 is 9.90 Å². The lowest BCUT2D eigenvalue weighted by atomic mass is 10.1. The number of benzene rings is 1. The number of nitrogens with one attached hydrogen (secondary N) is 2. The van der Waals surface area contributed by atoms with E-state index < -0.39 is 0 Å². The van der Waals surface area contributed by atoms with E-state index in [1.54, 1.807) is 0 Å². The van der Waals surface area contributed by atoms with Crippen LogP contribution in [-0.2, 0) is 17.9 Å². The predicted octanol–water partition coefficient (Wildman–Crippen LogP) is 0.793. The first-order valence-corrected chi connectivity index (χ1v) is 5.87. The van der Waals surface area contributed by atoms with E-state index in [0.717, 1.165) is 11.1 Å². The van der Waals surface area contributed by atoms with Gasteiger partial charge >= 0.3 is 0 Å². The van der Waals surface area contributed by atoms with Crippen LogP contribution in [-0.4, -0.2) is 23.6 Å². The predicted molar refractivity (Wildman–Crippen MR) is 67.4 cm³/mol. The molecule has 0 aliphatic heterocycles. The van der Waals surface area contributed by atoms with Gasteiger partial charge in [-0.3, -0.25) is 4.79 Å². The summed E-state index contributed by atoms with van der Waals surface area (Å²) in [5, 5.41) is 14.8. The van der Waals surface area contributed by atoms with E-state index >= 15 is 0 Å². The van der Waals surface area contributed by atoms with Crippen molar-refractivity contribution in [3.8, 4) is 0 Å². The standard InChI is InChI=1S/C13H20N2O2/c1-3-14-13(17)10(2)15-8-11-4-6-12(9-16)7-5-11/h4-7,10,15-16H,3,8-9H2,1-2H3,(H,14,17). The van der Waals surface area contributed by atoms with Gasteiger partial charge in [0.2, 0.25) is 5.91 Å². The zero-order chi connectivity index (χ0) is 12.7. The van der Waals surface area contributed by atoms with Crippen LogP contribution in [0.5, 0.6) is 0 Å². The average Bonchev–Trinajstić information content (AvgIpc) is 2.36. The maximum absolute atomic E-state index is 11.5. The Labute approximate surface area is 102 Å². The second-order valence-electron chi connectivity index (χ2n) is 3.97. The first kappa shape index (κ1) is 13.7. The van der Waals surface area contributed by atoms with Gasteiger partial charge in [-0.05, 0) is 25.0 Å². The second kappa shape index (κ2) is 7.04. The Morgan fingerprint density at radius 3 is 2.41 bits per heavy atom. The molecule has 0 saturated carbocycles. The van der Waals surface area contributed by atoms with Gasteiger partial charge in [-0.1, -0.05) is 24.3 Å². The third-order valence-corrected chi connectivity index (χ3v) is 2.56. The molecule has 1 aromatic carbocycles. The molecule has 0 spiro atoms. The summed E-state index contributed by atoms with van der Waals surface area (Å²) in [6.45, 7) is 5.09. The average molecular weight is 236 g/mol. The number of carbonyl (C=O) groups is 1. The van der Waals surface area contributed by atoms with E-state index in [1.807, 2.05) is 38.1 Å². The van der Waals surface area contributed by atoms with E-state index in [-0.39, 0.29) is 18.6 Å². The highest BCUT2D eigenvalue weighted by Gasteiger charge is 2.10. The molecule has 4 heteroatoms. The van der Waals surface area contributed by atoms with Crippen LogP contribution in [0.1, 0.15) is 25.0 Å². The zero-order valence-corrected chi connectivity index (χ0v) is 10.4. The van der Waals surface area contributed by atoms with Crippen LogP contribution in [0.3, 0.4) is 0 Å². The molecule has 0 radical (unpaired) electrons. The lowest BCUT2D eigenvalue weighted by Gasteiger charge is -2.13. The summed E-state index contributed by atoms with van der Waals surface area (Å²) < 4.78 is 0. The van der Waals surface area contributed by atoms with Crippen LogP contribution in [0.15, 0.2) is 24.3 Å². The molecule has 0 saturated heterocycles. The molecule has 94 valence electrons. The van der Waals surface area contributed by atoms with Crippen molar-refractivity contribution in [2.24, 2.45) is 0 Å². The molecular formula is C13H20N2O2. The first-order chi connectivity index (χ1) is 8.17. The van der Waals surface area contributed by atoms with Crippen molar-refractivity contribution in [3.05, 3.63) is 35.4 Å². The molecule has 0 heterocycles. The number of hydrogen-bond acceptors (Lipinski definition) is 3. The number of amides is 1. The van der Waals surface area contributed by atoms with Gasteiger partial charge in [-0.25, -0.2) is 0 Å². The summed E-state index contributed by atoms with van der Waals surface area (Å²) >= 11 is 0. The summed E-state index contributed by atoms with van der Waals surface area (Å²) in [5.74, 6) is 0.0134. The Morgan fingerprint density at radius 2 is 1.88 bits per heavy atom. The smallest absolute Gasteiger partial charge is 0.236 e. The van der Waals surface area contributed by atoms with E-state index in [2.05, 4.69) is 10.6 Å². The number of likely N-dealkylation sites (N-methyl/N-ethyl adjacent to an activating group) is 1. The lowest BCUT2D eigenvalue weighted by Crippen LogP contribution is -2.41. The van der Waals surface area contributed by atoms with Gasteiger partial charge in [-0.2, -0.15) is 0 Å². The lowest BCUT2D eigenvalue weighted by molar-refractivity contribution is -0.122. The van der Waals surface area contributed by atoms with E-state index in [1.165, 1.54) is 0 Å². The van der Waals surface area contributed by atoms with Gasteiger partial charge in [0.15, 0.2) is 0 Å². The van der Waals surface area contributed by atoms with Gasteiger partial charge in [0.25, 0.3) is 0 Å². The molecule has 3 N–H and O–H groups in total. The highest BCUT2D eigenvalue weighted by atomic mass is 16.3. The fourth-order valence-electron chi connectivity index (χ4n) is 1.45. The van der Waals surface area contributed by atoms with Crippen LogP contribution in [0.4, 0.5) is 0 Å². The normalized spacial score (nSPS) is 12.2. The number of rotatable bonds is 6. The molecule has 0 aliphatic rings. The van der Waals surface area contributed by atoms with Crippen LogP contribution >= 0.6 is 0 Å². The van der Waals surface area contributed by atoms with Crippen LogP contribution in [0, 0.1) is 0 Å². The quantitative estimate of drug-likeness (QED) is 0.684. The van der Waals surface area contributed by atoms with Crippen molar-refractivity contribution in [1.29, 1.82) is 0 Å². The fraction of sp³-hybridized carbons (Fsp3) is 0.462. The highest BCUT2D eigenvalue weighted by molar-refractivity contribution is 5.81. The van der Waals surface area contributed by atoms with Gasteiger partial charge < -0.3 is 15.7 Å². The summed E-state index contributed by atoms with van der Waals surface area (Å²) in [7, 11) is 0. The van der Waals surface area contributed by atoms with Gasteiger partial charge in [0.05, 0.1) is 12.6 Å². The minimum absolute atomic E-state index is 0.0134. The van der Waals surface area contributed by atoms with E-state index in [9.17, 15) is 4.79 Å². The SMILES string of the molecule is CCNC(=O)C(C)NCc1ccc(CO)cc1. The fourth-order valence-corrected chi connectivity index (χ4v) is 1.45. The maximum Gasteiger partial charge on any atom is 0.236 e. The highest BCUT2D eigenvalue weighted by Crippen LogP contribution is 2.04. The van der Waals surface area contributed by atoms with Crippen molar-refractivity contribution >= 4 is 5.91 Å². The Balaban J connectivity index is 2.41. The van der Waals surface area contributed by atoms with Crippen molar-refractivity contribution in [2.45, 2.75) is 33.0 Å². The molecule has 17 heavy (non-hydrogen) atoms. The molecule has 4 nitrogen and oxygen atoms in total. The third kappa shape index (κ3) is 4.54. The largest absolute Gasteiger partial charge is 0.392 e. The molecule has 0 aliphatic carbocycles. The number of hydrogen-bond donors (Lipinski definition) is 3. The van der Waals surface area contributed by atoms with Gasteiger partial charge in [-0.15, -0.1) is 0 Å². The van der Waals surface area contributed by atoms with Crippen molar-refractivity contribution in [2.75, 3.05) is 6.54 Å². The summed E-state index contributed by atoms with van der Waals surface area (Å²) in [5.41, 5.74) is 1.99. The van der Waals surface area contributed by atoms with Gasteiger partial charge in [0, 0.05) is 13.1 Å². The van der Waals surface area contributed by atoms with Crippen molar-refractivity contribution in [1.82, 2.24) is 10.6 Å². The molecule has 1 aromatic rings. The van der Waals surface area contributed by atoms with Crippen LogP contribution in [0.25, 0.3) is 0 Å².